The van der Waals surface area contributed by atoms with Crippen LogP contribution in [0.3, 0.4) is 0 Å². The molecule has 0 saturated carbocycles. The zero-order valence-corrected chi connectivity index (χ0v) is 38.6. The maximum atomic E-state index is 12.0. The van der Waals surface area contributed by atoms with Gasteiger partial charge in [-0.25, -0.2) is 4.79 Å². The highest BCUT2D eigenvalue weighted by Gasteiger charge is 2.19. The second-order valence-electron chi connectivity index (χ2n) is 16.7. The molecule has 3 aromatic rings. The predicted molar refractivity (Wildman–Crippen MR) is 253 cm³/mol. The number of hydrogen-bond acceptors (Lipinski definition) is 6. The summed E-state index contributed by atoms with van der Waals surface area (Å²) in [5.74, 6) is 0.630. The Morgan fingerprint density at radius 3 is 0.967 bits per heavy atom. The molecule has 0 bridgehead atoms. The van der Waals surface area contributed by atoms with Crippen LogP contribution in [-0.4, -0.2) is 40.9 Å². The molecule has 2 aromatic heterocycles. The molecule has 2 heterocycles. The van der Waals surface area contributed by atoms with Crippen molar-refractivity contribution in [2.75, 3.05) is 19.8 Å². The first kappa shape index (κ1) is 52.5. The van der Waals surface area contributed by atoms with Crippen LogP contribution in [-0.2, 0) is 0 Å². The molecule has 0 aliphatic rings. The van der Waals surface area contributed by atoms with Crippen molar-refractivity contribution in [3.63, 3.8) is 0 Å². The van der Waals surface area contributed by atoms with Gasteiger partial charge in [0.05, 0.1) is 25.4 Å². The van der Waals surface area contributed by atoms with E-state index in [-0.39, 0.29) is 5.56 Å². The summed E-state index contributed by atoms with van der Waals surface area (Å²) in [6.45, 7) is 8.51. The Morgan fingerprint density at radius 2 is 0.683 bits per heavy atom. The van der Waals surface area contributed by atoms with Crippen molar-refractivity contribution in [3.8, 4) is 28.4 Å². The van der Waals surface area contributed by atoms with Gasteiger partial charge in [-0.1, -0.05) is 194 Å². The number of hydrogen-bond donors (Lipinski definition) is 1. The molecule has 7 nitrogen and oxygen atoms in total. The number of rotatable bonds is 38. The zero-order chi connectivity index (χ0) is 43.0. The Bertz CT molecular complexity index is 1320. The van der Waals surface area contributed by atoms with E-state index in [9.17, 15) is 9.90 Å². The average Bonchev–Trinajstić information content (AvgIpc) is 3.27. The first-order valence-corrected chi connectivity index (χ1v) is 24.7. The molecule has 338 valence electrons. The van der Waals surface area contributed by atoms with Gasteiger partial charge in [0.25, 0.3) is 0 Å². The molecule has 0 aliphatic carbocycles. The Balaban J connectivity index is 0.000000868. The van der Waals surface area contributed by atoms with Crippen LogP contribution in [0.2, 0.25) is 0 Å². The van der Waals surface area contributed by atoms with Gasteiger partial charge >= 0.3 is 5.97 Å². The number of carbonyl (C=O) groups is 1. The molecule has 60 heavy (non-hydrogen) atoms. The van der Waals surface area contributed by atoms with Crippen molar-refractivity contribution in [2.24, 2.45) is 0 Å². The Morgan fingerprint density at radius 1 is 0.417 bits per heavy atom. The van der Waals surface area contributed by atoms with Crippen molar-refractivity contribution < 1.29 is 24.1 Å². The molecular weight excluding hydrogens is 745 g/mol. The van der Waals surface area contributed by atoms with Crippen LogP contribution in [0.1, 0.15) is 224 Å². The lowest BCUT2D eigenvalue weighted by Gasteiger charge is -2.18. The number of carboxylic acids is 1. The summed E-state index contributed by atoms with van der Waals surface area (Å²) < 4.78 is 18.8. The highest BCUT2D eigenvalue weighted by Crippen LogP contribution is 2.40. The topological polar surface area (TPSA) is 90.8 Å². The third kappa shape index (κ3) is 27.3. The molecular formula is C53H86N2O5. The average molecular weight is 831 g/mol. The maximum absolute atomic E-state index is 12.0. The molecule has 1 aromatic carbocycles. The largest absolute Gasteiger partial charge is 0.490 e. The first-order chi connectivity index (χ1) is 29.6. The minimum atomic E-state index is -0.969. The first-order valence-electron chi connectivity index (χ1n) is 24.7. The number of nitrogens with zero attached hydrogens (tertiary/aromatic N) is 2. The lowest BCUT2D eigenvalue weighted by molar-refractivity contribution is 0.0695. The number of ether oxygens (including phenoxy) is 3. The molecule has 1 N–H and O–H groups in total. The van der Waals surface area contributed by atoms with Crippen molar-refractivity contribution in [3.05, 3.63) is 66.7 Å². The van der Waals surface area contributed by atoms with E-state index in [1.807, 2.05) is 24.3 Å². The van der Waals surface area contributed by atoms with E-state index in [0.29, 0.717) is 37.1 Å². The normalized spacial score (nSPS) is 10.9. The molecule has 0 spiro atoms. The van der Waals surface area contributed by atoms with Crippen LogP contribution in [0, 0.1) is 0 Å². The molecule has 0 fully saturated rings. The third-order valence-electron chi connectivity index (χ3n) is 11.2. The Kier molecular flexibility index (Phi) is 33.5. The van der Waals surface area contributed by atoms with Gasteiger partial charge in [0.1, 0.15) is 0 Å². The van der Waals surface area contributed by atoms with Gasteiger partial charge in [-0.15, -0.1) is 0 Å². The van der Waals surface area contributed by atoms with Gasteiger partial charge < -0.3 is 19.3 Å². The van der Waals surface area contributed by atoms with E-state index >= 15 is 0 Å². The smallest absolute Gasteiger partial charge is 0.335 e. The van der Waals surface area contributed by atoms with Gasteiger partial charge in [0.15, 0.2) is 11.5 Å². The van der Waals surface area contributed by atoms with Crippen molar-refractivity contribution in [2.45, 2.75) is 213 Å². The van der Waals surface area contributed by atoms with E-state index in [0.717, 1.165) is 38.5 Å². The van der Waals surface area contributed by atoms with E-state index in [1.54, 1.807) is 36.9 Å². The number of carboxylic acid groups (broad SMARTS) is 1. The molecule has 0 amide bonds. The van der Waals surface area contributed by atoms with Crippen LogP contribution in [0.15, 0.2) is 61.2 Å². The fourth-order valence-electron chi connectivity index (χ4n) is 7.45. The zero-order valence-electron chi connectivity index (χ0n) is 38.6. The van der Waals surface area contributed by atoms with Crippen molar-refractivity contribution in [1.82, 2.24) is 9.97 Å². The van der Waals surface area contributed by atoms with Gasteiger partial charge in [0, 0.05) is 24.8 Å². The number of benzene rings is 1. The van der Waals surface area contributed by atoms with Crippen molar-refractivity contribution in [1.29, 1.82) is 0 Å². The summed E-state index contributed by atoms with van der Waals surface area (Å²) in [5, 5.41) is 9.87. The van der Waals surface area contributed by atoms with Gasteiger partial charge in [-0.3, -0.25) is 9.97 Å². The van der Waals surface area contributed by atoms with E-state index in [2.05, 4.69) is 30.7 Å². The standard InChI is InChI=1S/C43H78O5.C10H8N2/c1-4-7-10-13-16-19-22-25-28-31-34-46-40-37-39(43(44)45)38-41(47-35-32-29-26-23-20-17-14-11-8-5-2)42(40)48-36-33-30-27-24-21-18-15-12-9-6-3;1-5-11-6-2-9(1)10-3-7-12-8-4-10/h37-38H,4-36H2,1-3H3,(H,44,45);1-8H. The second kappa shape index (κ2) is 38.3. The predicted octanol–water partition coefficient (Wildman–Crippen LogP) is 16.4. The van der Waals surface area contributed by atoms with E-state index < -0.39 is 5.97 Å². The lowest BCUT2D eigenvalue weighted by atomic mass is 10.1. The van der Waals surface area contributed by atoms with Gasteiger partial charge in [-0.05, 0) is 66.8 Å². The molecule has 0 radical (unpaired) electrons. The summed E-state index contributed by atoms with van der Waals surface area (Å²) in [6.07, 6.45) is 45.2. The quantitative estimate of drug-likeness (QED) is 0.0575. The lowest BCUT2D eigenvalue weighted by Crippen LogP contribution is -2.08. The summed E-state index contributed by atoms with van der Waals surface area (Å²) >= 11 is 0. The van der Waals surface area contributed by atoms with Gasteiger partial charge in [-0.2, -0.15) is 0 Å². The Hall–Kier alpha value is -3.61. The maximum Gasteiger partial charge on any atom is 0.335 e. The molecule has 7 heteroatoms. The molecule has 0 aliphatic heterocycles. The van der Waals surface area contributed by atoms with Gasteiger partial charge in [0.2, 0.25) is 5.75 Å². The van der Waals surface area contributed by atoms with Crippen LogP contribution >= 0.6 is 0 Å². The minimum absolute atomic E-state index is 0.192. The van der Waals surface area contributed by atoms with E-state index in [4.69, 9.17) is 14.2 Å². The fraction of sp³-hybridized carbons (Fsp3) is 0.679. The summed E-state index contributed by atoms with van der Waals surface area (Å²) in [4.78, 5) is 20.0. The number of unbranched alkanes of at least 4 members (excludes halogenated alkanes) is 27. The highest BCUT2D eigenvalue weighted by atomic mass is 16.5. The van der Waals surface area contributed by atoms with Crippen molar-refractivity contribution >= 4 is 5.97 Å². The second-order valence-corrected chi connectivity index (χ2v) is 16.7. The SMILES string of the molecule is CCCCCCCCCCCCOc1cc(C(=O)O)cc(OCCCCCCCCCCCC)c1OCCCCCCCCCCCC.c1cc(-c2ccncc2)ccn1. The summed E-state index contributed by atoms with van der Waals surface area (Å²) in [6, 6.07) is 11.2. The van der Waals surface area contributed by atoms with E-state index in [1.165, 1.54) is 165 Å². The summed E-state index contributed by atoms with van der Waals surface area (Å²) in [5.41, 5.74) is 2.54. The van der Waals surface area contributed by atoms with Crippen LogP contribution in [0.25, 0.3) is 11.1 Å². The summed E-state index contributed by atoms with van der Waals surface area (Å²) in [7, 11) is 0. The molecule has 0 saturated heterocycles. The number of pyridine rings is 2. The van der Waals surface area contributed by atoms with Crippen LogP contribution < -0.4 is 14.2 Å². The third-order valence-corrected chi connectivity index (χ3v) is 11.2. The van der Waals surface area contributed by atoms with Crippen LogP contribution in [0.5, 0.6) is 17.2 Å². The molecule has 0 unspecified atom stereocenters. The number of aromatic carboxylic acids is 1. The monoisotopic (exact) mass is 831 g/mol. The van der Waals surface area contributed by atoms with Crippen LogP contribution in [0.4, 0.5) is 0 Å². The highest BCUT2D eigenvalue weighted by molar-refractivity contribution is 5.89. The minimum Gasteiger partial charge on any atom is -0.490 e. The fourth-order valence-corrected chi connectivity index (χ4v) is 7.45. The molecule has 0 atom stereocenters. The molecule has 3 rings (SSSR count). The Labute approximate surface area is 367 Å². The number of aromatic nitrogens is 2.